The van der Waals surface area contributed by atoms with Crippen LogP contribution in [0.15, 0.2) is 6.07 Å². The highest BCUT2D eigenvalue weighted by Gasteiger charge is 2.29. The first-order valence-electron chi connectivity index (χ1n) is 7.40. The third-order valence-electron chi connectivity index (χ3n) is 4.14. The van der Waals surface area contributed by atoms with Crippen molar-refractivity contribution in [2.75, 3.05) is 17.7 Å². The van der Waals surface area contributed by atoms with Gasteiger partial charge in [0.1, 0.15) is 10.6 Å². The largest absolute Gasteiger partial charge is 0.364 e. The Morgan fingerprint density at radius 2 is 2.05 bits per heavy atom. The second-order valence-corrected chi connectivity index (χ2v) is 6.94. The number of anilines is 2. The van der Waals surface area contributed by atoms with Crippen molar-refractivity contribution in [2.45, 2.75) is 51.5 Å². The molecule has 0 atom stereocenters. The van der Waals surface area contributed by atoms with Gasteiger partial charge in [-0.3, -0.25) is 0 Å². The normalized spacial score (nSPS) is 17.6. The topological polar surface area (TPSA) is 49.8 Å². The maximum absolute atomic E-state index is 4.65. The van der Waals surface area contributed by atoms with Crippen LogP contribution in [-0.4, -0.2) is 22.6 Å². The lowest BCUT2D eigenvalue weighted by molar-refractivity contribution is 0.532. The molecule has 0 unspecified atom stereocenters. The van der Waals surface area contributed by atoms with Crippen molar-refractivity contribution < 1.29 is 0 Å². The SMILES string of the molecule is CCc1cc2c(NC3(C)CCCC3)nc(NC)nc2s1. The highest BCUT2D eigenvalue weighted by atomic mass is 32.1. The van der Waals surface area contributed by atoms with Crippen LogP contribution in [0.4, 0.5) is 11.8 Å². The Balaban J connectivity index is 2.04. The average Bonchev–Trinajstić information content (AvgIpc) is 3.04. The third kappa shape index (κ3) is 2.46. The van der Waals surface area contributed by atoms with Gasteiger partial charge in [-0.15, -0.1) is 11.3 Å². The molecule has 1 fully saturated rings. The summed E-state index contributed by atoms with van der Waals surface area (Å²) in [5, 5.41) is 7.92. The Morgan fingerprint density at radius 3 is 2.70 bits per heavy atom. The Morgan fingerprint density at radius 1 is 1.30 bits per heavy atom. The quantitative estimate of drug-likeness (QED) is 0.892. The number of aryl methyl sites for hydroxylation is 1. The molecule has 2 aromatic heterocycles. The smallest absolute Gasteiger partial charge is 0.225 e. The number of thiophene rings is 1. The molecule has 1 aliphatic carbocycles. The van der Waals surface area contributed by atoms with Crippen LogP contribution >= 0.6 is 11.3 Å². The van der Waals surface area contributed by atoms with Crippen LogP contribution in [0.3, 0.4) is 0 Å². The predicted molar refractivity (Wildman–Crippen MR) is 86.8 cm³/mol. The second-order valence-electron chi connectivity index (χ2n) is 5.82. The summed E-state index contributed by atoms with van der Waals surface area (Å²) in [6.07, 6.45) is 6.10. The van der Waals surface area contributed by atoms with Crippen molar-refractivity contribution in [2.24, 2.45) is 0 Å². The van der Waals surface area contributed by atoms with Crippen LogP contribution in [0, 0.1) is 0 Å². The Hall–Kier alpha value is -1.36. The van der Waals surface area contributed by atoms with Gasteiger partial charge in [0.25, 0.3) is 0 Å². The maximum atomic E-state index is 4.65. The lowest BCUT2D eigenvalue weighted by atomic mass is 10.0. The molecule has 2 aromatic rings. The zero-order valence-electron chi connectivity index (χ0n) is 12.4. The van der Waals surface area contributed by atoms with Gasteiger partial charge in [0.15, 0.2) is 0 Å². The van der Waals surface area contributed by atoms with Crippen molar-refractivity contribution in [1.29, 1.82) is 0 Å². The molecule has 0 aliphatic heterocycles. The van der Waals surface area contributed by atoms with E-state index in [4.69, 9.17) is 0 Å². The van der Waals surface area contributed by atoms with Gasteiger partial charge in [0, 0.05) is 17.5 Å². The molecule has 20 heavy (non-hydrogen) atoms. The van der Waals surface area contributed by atoms with Gasteiger partial charge in [0.05, 0.1) is 5.39 Å². The molecule has 0 spiro atoms. The van der Waals surface area contributed by atoms with Crippen molar-refractivity contribution >= 4 is 33.3 Å². The molecule has 108 valence electrons. The highest BCUT2D eigenvalue weighted by Crippen LogP contribution is 2.36. The Labute approximate surface area is 124 Å². The van der Waals surface area contributed by atoms with Crippen molar-refractivity contribution in [3.63, 3.8) is 0 Å². The second kappa shape index (κ2) is 5.20. The van der Waals surface area contributed by atoms with Gasteiger partial charge < -0.3 is 10.6 Å². The molecule has 3 rings (SSSR count). The lowest BCUT2D eigenvalue weighted by Crippen LogP contribution is -2.31. The average molecular weight is 290 g/mol. The van der Waals surface area contributed by atoms with E-state index in [0.717, 1.165) is 17.1 Å². The number of rotatable bonds is 4. The van der Waals surface area contributed by atoms with Crippen molar-refractivity contribution in [3.8, 4) is 0 Å². The molecule has 2 N–H and O–H groups in total. The molecular weight excluding hydrogens is 268 g/mol. The van der Waals surface area contributed by atoms with E-state index in [9.17, 15) is 0 Å². The summed E-state index contributed by atoms with van der Waals surface area (Å²) in [7, 11) is 1.87. The van der Waals surface area contributed by atoms with E-state index in [-0.39, 0.29) is 5.54 Å². The summed E-state index contributed by atoms with van der Waals surface area (Å²) < 4.78 is 0. The third-order valence-corrected chi connectivity index (χ3v) is 5.32. The standard InChI is InChI=1S/C15H22N4S/c1-4-10-9-11-12(19-15(2)7-5-6-8-15)17-14(16-3)18-13(11)20-10/h9H,4-8H2,1-3H3,(H2,16,17,18,19). The Kier molecular flexibility index (Phi) is 3.54. The van der Waals surface area contributed by atoms with Crippen LogP contribution in [-0.2, 0) is 6.42 Å². The summed E-state index contributed by atoms with van der Waals surface area (Å²) >= 11 is 1.77. The van der Waals surface area contributed by atoms with Gasteiger partial charge in [-0.2, -0.15) is 4.98 Å². The first-order valence-corrected chi connectivity index (χ1v) is 8.21. The fraction of sp³-hybridized carbons (Fsp3) is 0.600. The van der Waals surface area contributed by atoms with Gasteiger partial charge >= 0.3 is 0 Å². The van der Waals surface area contributed by atoms with Gasteiger partial charge in [-0.05, 0) is 32.3 Å². The molecule has 4 nitrogen and oxygen atoms in total. The van der Waals surface area contributed by atoms with E-state index in [1.807, 2.05) is 7.05 Å². The van der Waals surface area contributed by atoms with Gasteiger partial charge in [0.2, 0.25) is 5.95 Å². The van der Waals surface area contributed by atoms with Crippen LogP contribution < -0.4 is 10.6 Å². The van der Waals surface area contributed by atoms with E-state index in [0.29, 0.717) is 5.95 Å². The van der Waals surface area contributed by atoms with Crippen LogP contribution in [0.2, 0.25) is 0 Å². The van der Waals surface area contributed by atoms with Crippen LogP contribution in [0.1, 0.15) is 44.4 Å². The predicted octanol–water partition coefficient (Wildman–Crippen LogP) is 4.04. The number of hydrogen-bond donors (Lipinski definition) is 2. The monoisotopic (exact) mass is 290 g/mol. The molecule has 0 aromatic carbocycles. The summed E-state index contributed by atoms with van der Waals surface area (Å²) in [6.45, 7) is 4.49. The van der Waals surface area contributed by atoms with E-state index in [1.165, 1.54) is 35.9 Å². The molecule has 0 saturated heterocycles. The molecule has 1 saturated carbocycles. The fourth-order valence-electron chi connectivity index (χ4n) is 2.92. The molecular formula is C15H22N4S. The molecule has 0 amide bonds. The van der Waals surface area contributed by atoms with E-state index >= 15 is 0 Å². The van der Waals surface area contributed by atoms with Crippen LogP contribution in [0.25, 0.3) is 10.2 Å². The first kappa shape index (κ1) is 13.6. The van der Waals surface area contributed by atoms with E-state index in [1.54, 1.807) is 11.3 Å². The number of aromatic nitrogens is 2. The number of hydrogen-bond acceptors (Lipinski definition) is 5. The summed E-state index contributed by atoms with van der Waals surface area (Å²) in [4.78, 5) is 11.7. The Bertz CT molecular complexity index is 614. The summed E-state index contributed by atoms with van der Waals surface area (Å²) in [6, 6.07) is 2.24. The molecule has 1 aliphatic rings. The van der Waals surface area contributed by atoms with Gasteiger partial charge in [-0.25, -0.2) is 4.98 Å². The first-order chi connectivity index (χ1) is 9.63. The zero-order valence-corrected chi connectivity index (χ0v) is 13.2. The molecule has 0 radical (unpaired) electrons. The molecule has 0 bridgehead atoms. The fourth-order valence-corrected chi connectivity index (χ4v) is 3.89. The van der Waals surface area contributed by atoms with Crippen molar-refractivity contribution in [3.05, 3.63) is 10.9 Å². The van der Waals surface area contributed by atoms with Gasteiger partial charge in [-0.1, -0.05) is 19.8 Å². The molecule has 5 heteroatoms. The number of fused-ring (bicyclic) bond motifs is 1. The number of nitrogens with one attached hydrogen (secondary N) is 2. The number of nitrogens with zero attached hydrogens (tertiary/aromatic N) is 2. The van der Waals surface area contributed by atoms with E-state index in [2.05, 4.69) is 40.5 Å². The lowest BCUT2D eigenvalue weighted by Gasteiger charge is -2.26. The molecule has 2 heterocycles. The zero-order chi connectivity index (χ0) is 14.2. The van der Waals surface area contributed by atoms with Crippen LogP contribution in [0.5, 0.6) is 0 Å². The maximum Gasteiger partial charge on any atom is 0.225 e. The minimum atomic E-state index is 0.181. The summed E-state index contributed by atoms with van der Waals surface area (Å²) in [5.41, 5.74) is 0.181. The van der Waals surface area contributed by atoms with Crippen molar-refractivity contribution in [1.82, 2.24) is 9.97 Å². The highest BCUT2D eigenvalue weighted by molar-refractivity contribution is 7.18. The summed E-state index contributed by atoms with van der Waals surface area (Å²) in [5.74, 6) is 1.69. The van der Waals surface area contributed by atoms with E-state index < -0.39 is 0 Å². The minimum Gasteiger partial charge on any atom is -0.364 e. The minimum absolute atomic E-state index is 0.181.